The lowest BCUT2D eigenvalue weighted by molar-refractivity contribution is -0.134. The van der Waals surface area contributed by atoms with Crippen molar-refractivity contribution < 1.29 is 9.53 Å². The quantitative estimate of drug-likeness (QED) is 0.486. The fourth-order valence-corrected chi connectivity index (χ4v) is 5.62. The van der Waals surface area contributed by atoms with Gasteiger partial charge in [0, 0.05) is 8.95 Å². The van der Waals surface area contributed by atoms with Gasteiger partial charge in [0.25, 0.3) is 5.56 Å². The SMILES string of the molecule is COC(=O)C1=c2s/c(=C\c3cccc(Br)c3)c(=O)n2C(N)=C(C#N)[C@@H]1c1cccc(Br)c1. The lowest BCUT2D eigenvalue weighted by Gasteiger charge is -2.24. The van der Waals surface area contributed by atoms with E-state index in [0.717, 1.165) is 25.8 Å². The van der Waals surface area contributed by atoms with Crippen LogP contribution in [-0.2, 0) is 9.53 Å². The lowest BCUT2D eigenvalue weighted by atomic mass is 9.84. The standard InChI is InChI=1S/C23H15Br2N3O3S/c1-31-23(30)19-18(13-5-3-7-15(25)10-13)16(11-26)20(27)28-21(29)17(32-22(19)28)9-12-4-2-6-14(24)8-12/h2-10,18H,27H2,1H3/b17-9-/t18-/m0/s1. The van der Waals surface area contributed by atoms with Gasteiger partial charge in [0.1, 0.15) is 10.5 Å². The molecule has 2 N–H and O–H groups in total. The highest BCUT2D eigenvalue weighted by molar-refractivity contribution is 9.10. The molecule has 160 valence electrons. The van der Waals surface area contributed by atoms with Gasteiger partial charge in [-0.1, -0.05) is 56.1 Å². The molecule has 0 fully saturated rings. The number of esters is 1. The van der Waals surface area contributed by atoms with Gasteiger partial charge < -0.3 is 10.5 Å². The number of nitrogens with zero attached hydrogens (tertiary/aromatic N) is 2. The van der Waals surface area contributed by atoms with Gasteiger partial charge in [-0.2, -0.15) is 5.26 Å². The van der Waals surface area contributed by atoms with Crippen LogP contribution in [-0.4, -0.2) is 17.6 Å². The van der Waals surface area contributed by atoms with Gasteiger partial charge in [0.15, 0.2) is 0 Å². The smallest absolute Gasteiger partial charge is 0.337 e. The number of nitriles is 1. The van der Waals surface area contributed by atoms with E-state index in [9.17, 15) is 14.9 Å². The van der Waals surface area contributed by atoms with Crippen molar-refractivity contribution in [2.24, 2.45) is 5.73 Å². The summed E-state index contributed by atoms with van der Waals surface area (Å²) in [6.45, 7) is 0. The molecule has 0 saturated heterocycles. The Morgan fingerprint density at radius 3 is 2.53 bits per heavy atom. The van der Waals surface area contributed by atoms with E-state index >= 15 is 0 Å². The first-order chi connectivity index (χ1) is 15.3. The molecule has 2 heterocycles. The summed E-state index contributed by atoms with van der Waals surface area (Å²) < 4.78 is 8.68. The minimum atomic E-state index is -0.762. The van der Waals surface area contributed by atoms with Gasteiger partial charge in [-0.3, -0.25) is 9.36 Å². The molecule has 1 aliphatic heterocycles. The number of allylic oxidation sites excluding steroid dienone is 1. The van der Waals surface area contributed by atoms with Gasteiger partial charge >= 0.3 is 5.97 Å². The number of rotatable bonds is 3. The Morgan fingerprint density at radius 2 is 1.91 bits per heavy atom. The number of fused-ring (bicyclic) bond motifs is 1. The molecule has 3 aromatic rings. The number of thiazole rings is 1. The number of halogens is 2. The van der Waals surface area contributed by atoms with Gasteiger partial charge in [0.2, 0.25) is 0 Å². The summed E-state index contributed by atoms with van der Waals surface area (Å²) in [6.07, 6.45) is 1.73. The molecule has 0 amide bonds. The van der Waals surface area contributed by atoms with E-state index < -0.39 is 17.4 Å². The number of nitrogens with two attached hydrogens (primary N) is 1. The zero-order valence-electron chi connectivity index (χ0n) is 16.6. The molecule has 1 atom stereocenters. The summed E-state index contributed by atoms with van der Waals surface area (Å²) in [5.74, 6) is -1.38. The molecular formula is C23H15Br2N3O3S. The van der Waals surface area contributed by atoms with Crippen LogP contribution in [0.15, 0.2) is 67.8 Å². The molecule has 6 nitrogen and oxygen atoms in total. The molecule has 1 aromatic heterocycles. The second-order valence-corrected chi connectivity index (χ2v) is 9.78. The van der Waals surface area contributed by atoms with Crippen LogP contribution >= 0.6 is 43.2 Å². The van der Waals surface area contributed by atoms with Crippen LogP contribution < -0.4 is 20.5 Å². The normalized spacial score (nSPS) is 16.0. The summed E-state index contributed by atoms with van der Waals surface area (Å²) in [5.41, 5.74) is 7.74. The maximum Gasteiger partial charge on any atom is 0.337 e. The number of hydrogen-bond donors (Lipinski definition) is 1. The number of hydrogen-bond acceptors (Lipinski definition) is 6. The van der Waals surface area contributed by atoms with Crippen LogP contribution in [0.1, 0.15) is 17.0 Å². The van der Waals surface area contributed by atoms with Gasteiger partial charge in [-0.15, -0.1) is 11.3 Å². The second-order valence-electron chi connectivity index (χ2n) is 6.92. The van der Waals surface area contributed by atoms with Crippen molar-refractivity contribution in [2.75, 3.05) is 7.11 Å². The number of carbonyl (C=O) groups is 1. The largest absolute Gasteiger partial charge is 0.466 e. The van der Waals surface area contributed by atoms with Crippen LogP contribution in [0.25, 0.3) is 17.5 Å². The molecular weight excluding hydrogens is 558 g/mol. The van der Waals surface area contributed by atoms with Crippen molar-refractivity contribution in [3.63, 3.8) is 0 Å². The summed E-state index contributed by atoms with van der Waals surface area (Å²) in [4.78, 5) is 26.2. The lowest BCUT2D eigenvalue weighted by Crippen LogP contribution is -2.40. The predicted octanol–water partition coefficient (Wildman–Crippen LogP) is 3.04. The van der Waals surface area contributed by atoms with Crippen LogP contribution in [0.2, 0.25) is 0 Å². The van der Waals surface area contributed by atoms with Gasteiger partial charge in [-0.25, -0.2) is 4.79 Å². The van der Waals surface area contributed by atoms with E-state index in [1.807, 2.05) is 42.5 Å². The Kier molecular flexibility index (Phi) is 6.20. The molecule has 0 unspecified atom stereocenters. The fraction of sp³-hybridized carbons (Fsp3) is 0.0870. The maximum atomic E-state index is 13.3. The Hall–Kier alpha value is -2.93. The van der Waals surface area contributed by atoms with Crippen molar-refractivity contribution in [1.29, 1.82) is 5.26 Å². The first-order valence-electron chi connectivity index (χ1n) is 9.33. The van der Waals surface area contributed by atoms with Crippen molar-refractivity contribution in [3.8, 4) is 6.07 Å². The number of methoxy groups -OCH3 is 1. The minimum absolute atomic E-state index is 0.00951. The average molecular weight is 573 g/mol. The Bertz CT molecular complexity index is 1510. The molecule has 9 heteroatoms. The van der Waals surface area contributed by atoms with E-state index in [-0.39, 0.29) is 17.0 Å². The van der Waals surface area contributed by atoms with Crippen LogP contribution in [0, 0.1) is 11.3 Å². The highest BCUT2D eigenvalue weighted by atomic mass is 79.9. The van der Waals surface area contributed by atoms with Crippen molar-refractivity contribution in [1.82, 2.24) is 4.57 Å². The van der Waals surface area contributed by atoms with E-state index in [2.05, 4.69) is 37.9 Å². The molecule has 4 rings (SSSR count). The Morgan fingerprint density at radius 1 is 1.22 bits per heavy atom. The first-order valence-corrected chi connectivity index (χ1v) is 11.7. The maximum absolute atomic E-state index is 13.3. The highest BCUT2D eigenvalue weighted by Crippen LogP contribution is 2.37. The second kappa shape index (κ2) is 8.90. The van der Waals surface area contributed by atoms with Gasteiger partial charge in [0.05, 0.1) is 34.8 Å². The molecule has 2 aromatic carbocycles. The molecule has 0 radical (unpaired) electrons. The van der Waals surface area contributed by atoms with Crippen molar-refractivity contribution in [3.05, 3.63) is 93.7 Å². The van der Waals surface area contributed by atoms with E-state index in [1.165, 1.54) is 11.7 Å². The van der Waals surface area contributed by atoms with Gasteiger partial charge in [-0.05, 0) is 41.5 Å². The zero-order chi connectivity index (χ0) is 23.0. The third-order valence-electron chi connectivity index (χ3n) is 5.00. The monoisotopic (exact) mass is 571 g/mol. The summed E-state index contributed by atoms with van der Waals surface area (Å²) >= 11 is 8.00. The van der Waals surface area contributed by atoms with Crippen LogP contribution in [0.4, 0.5) is 0 Å². The van der Waals surface area contributed by atoms with Crippen LogP contribution in [0.5, 0.6) is 0 Å². The van der Waals surface area contributed by atoms with E-state index in [4.69, 9.17) is 10.5 Å². The number of benzene rings is 2. The number of carbonyl (C=O) groups excluding carboxylic acids is 1. The fourth-order valence-electron chi connectivity index (χ4n) is 3.62. The summed E-state index contributed by atoms with van der Waals surface area (Å²) in [6, 6.07) is 16.9. The Labute approximate surface area is 203 Å². The molecule has 0 saturated carbocycles. The molecule has 0 spiro atoms. The third-order valence-corrected chi connectivity index (χ3v) is 7.10. The van der Waals surface area contributed by atoms with Crippen molar-refractivity contribution in [2.45, 2.75) is 5.92 Å². The molecule has 0 aliphatic carbocycles. The molecule has 32 heavy (non-hydrogen) atoms. The zero-order valence-corrected chi connectivity index (χ0v) is 20.6. The predicted molar refractivity (Wildman–Crippen MR) is 131 cm³/mol. The third kappa shape index (κ3) is 3.86. The van der Waals surface area contributed by atoms with E-state index in [1.54, 1.807) is 12.1 Å². The summed E-state index contributed by atoms with van der Waals surface area (Å²) in [5, 5.41) is 9.93. The van der Waals surface area contributed by atoms with Crippen LogP contribution in [0.3, 0.4) is 0 Å². The first kappa shape index (κ1) is 22.3. The Balaban J connectivity index is 2.11. The number of aromatic nitrogens is 1. The minimum Gasteiger partial charge on any atom is -0.466 e. The highest BCUT2D eigenvalue weighted by Gasteiger charge is 2.36. The molecule has 0 bridgehead atoms. The molecule has 1 aliphatic rings. The number of ether oxygens (including phenoxy) is 1. The van der Waals surface area contributed by atoms with E-state index in [0.29, 0.717) is 14.8 Å². The summed E-state index contributed by atoms with van der Waals surface area (Å²) in [7, 11) is 1.27. The average Bonchev–Trinajstić information content (AvgIpc) is 3.09. The topological polar surface area (TPSA) is 98.1 Å². The van der Waals surface area contributed by atoms with Crippen molar-refractivity contribution >= 4 is 66.6 Å².